The van der Waals surface area contributed by atoms with Gasteiger partial charge in [0.15, 0.2) is 6.29 Å². The summed E-state index contributed by atoms with van der Waals surface area (Å²) in [7, 11) is -3.90. The quantitative estimate of drug-likeness (QED) is 0.330. The number of nitrogens with two attached hydrogens (primary N) is 1. The van der Waals surface area contributed by atoms with Gasteiger partial charge in [-0.2, -0.15) is 4.31 Å². The molecule has 5 N–H and O–H groups in total. The molecule has 0 radical (unpaired) electrons. The average Bonchev–Trinajstić information content (AvgIpc) is 3.50. The number of fused-ring (bicyclic) bond motifs is 1. The molecular formula is C27H39N3O7S. The Balaban J connectivity index is 0.000000417. The highest BCUT2D eigenvalue weighted by Crippen LogP contribution is 2.30. The van der Waals surface area contributed by atoms with E-state index in [0.29, 0.717) is 5.69 Å². The maximum Gasteiger partial charge on any atom is 0.404 e. The van der Waals surface area contributed by atoms with Crippen LogP contribution in [0, 0.1) is 11.8 Å². The normalized spacial score (nSPS) is 20.4. The fourth-order valence-corrected chi connectivity index (χ4v) is 6.14. The highest BCUT2D eigenvalue weighted by atomic mass is 32.2. The highest BCUT2D eigenvalue weighted by Gasteiger charge is 2.33. The lowest BCUT2D eigenvalue weighted by atomic mass is 10.0. The predicted octanol–water partition coefficient (Wildman–Crippen LogP) is 2.92. The highest BCUT2D eigenvalue weighted by molar-refractivity contribution is 7.89. The smallest absolute Gasteiger partial charge is 0.404 e. The molecule has 2 aromatic carbocycles. The van der Waals surface area contributed by atoms with Crippen LogP contribution in [0.15, 0.2) is 59.5 Å². The first kappa shape index (κ1) is 29.9. The molecule has 0 aromatic heterocycles. The third kappa shape index (κ3) is 8.67. The first-order valence-electron chi connectivity index (χ1n) is 12.9. The van der Waals surface area contributed by atoms with Crippen LogP contribution in [-0.4, -0.2) is 73.8 Å². The van der Waals surface area contributed by atoms with Crippen molar-refractivity contribution in [3.05, 3.63) is 60.2 Å². The van der Waals surface area contributed by atoms with Gasteiger partial charge in [0, 0.05) is 24.7 Å². The first-order chi connectivity index (χ1) is 18.1. The molecule has 2 saturated heterocycles. The van der Waals surface area contributed by atoms with Gasteiger partial charge in [-0.15, -0.1) is 0 Å². The molecule has 210 valence electrons. The van der Waals surface area contributed by atoms with Crippen LogP contribution in [0.2, 0.25) is 0 Å². The Kier molecular flexibility index (Phi) is 10.9. The number of nitrogens with zero attached hydrogens (tertiary/aromatic N) is 1. The summed E-state index contributed by atoms with van der Waals surface area (Å²) in [6.07, 6.45) is 0.298. The number of benzene rings is 2. The van der Waals surface area contributed by atoms with Crippen molar-refractivity contribution in [1.29, 1.82) is 0 Å². The maximum absolute atomic E-state index is 13.2. The molecule has 11 heteroatoms. The predicted molar refractivity (Wildman–Crippen MR) is 144 cm³/mol. The molecule has 0 spiro atoms. The molecule has 2 atom stereocenters. The number of aliphatic hydroxyl groups excluding tert-OH is 1. The van der Waals surface area contributed by atoms with E-state index in [9.17, 15) is 23.4 Å². The summed E-state index contributed by atoms with van der Waals surface area (Å²) in [5, 5.41) is 22.3. The van der Waals surface area contributed by atoms with Crippen molar-refractivity contribution in [2.24, 2.45) is 11.8 Å². The van der Waals surface area contributed by atoms with E-state index in [1.807, 2.05) is 44.2 Å². The SMILES string of the molecule is C1CC2CCOC2O1.CC(C)CN(C[C@@H](O)[C@H](Cc1ccccc1)NC(=O)O)S(=O)(=O)c1ccc(N)cc1. The molecule has 10 nitrogen and oxygen atoms in total. The number of hydrogen-bond acceptors (Lipinski definition) is 7. The topological polar surface area (TPSA) is 151 Å². The monoisotopic (exact) mass is 549 g/mol. The van der Waals surface area contributed by atoms with Crippen LogP contribution in [0.1, 0.15) is 32.3 Å². The van der Waals surface area contributed by atoms with Crippen LogP contribution >= 0.6 is 0 Å². The molecule has 2 aliphatic rings. The van der Waals surface area contributed by atoms with E-state index in [1.54, 1.807) is 0 Å². The second-order valence-electron chi connectivity index (χ2n) is 10.0. The number of amides is 1. The largest absolute Gasteiger partial charge is 0.465 e. The number of anilines is 1. The van der Waals surface area contributed by atoms with Gasteiger partial charge in [0.1, 0.15) is 0 Å². The van der Waals surface area contributed by atoms with Gasteiger partial charge in [-0.05, 0) is 55.0 Å². The van der Waals surface area contributed by atoms with Gasteiger partial charge in [0.2, 0.25) is 10.0 Å². The summed E-state index contributed by atoms with van der Waals surface area (Å²) in [6.45, 7) is 5.49. The van der Waals surface area contributed by atoms with Crippen LogP contribution in [0.5, 0.6) is 0 Å². The molecule has 2 aliphatic heterocycles. The third-order valence-corrected chi connectivity index (χ3v) is 8.32. The van der Waals surface area contributed by atoms with E-state index in [-0.39, 0.29) is 36.6 Å². The molecule has 2 aromatic rings. The lowest BCUT2D eigenvalue weighted by Gasteiger charge is -2.30. The molecule has 0 unspecified atom stereocenters. The van der Waals surface area contributed by atoms with Crippen LogP contribution in [-0.2, 0) is 25.9 Å². The van der Waals surface area contributed by atoms with Crippen LogP contribution in [0.3, 0.4) is 0 Å². The molecular weight excluding hydrogens is 510 g/mol. The van der Waals surface area contributed by atoms with E-state index < -0.39 is 28.3 Å². The summed E-state index contributed by atoms with van der Waals surface area (Å²) in [4.78, 5) is 11.3. The zero-order valence-electron chi connectivity index (χ0n) is 21.9. The summed E-state index contributed by atoms with van der Waals surface area (Å²) >= 11 is 0. The van der Waals surface area contributed by atoms with Crippen molar-refractivity contribution < 1.29 is 32.9 Å². The summed E-state index contributed by atoms with van der Waals surface area (Å²) in [5.74, 6) is 0.732. The number of hydrogen-bond donors (Lipinski definition) is 4. The average molecular weight is 550 g/mol. The van der Waals surface area contributed by atoms with E-state index in [2.05, 4.69) is 5.32 Å². The first-order valence-corrected chi connectivity index (χ1v) is 14.3. The van der Waals surface area contributed by atoms with E-state index in [1.165, 1.54) is 41.4 Å². The molecule has 4 rings (SSSR count). The van der Waals surface area contributed by atoms with Crippen molar-refractivity contribution >= 4 is 21.8 Å². The molecule has 0 bridgehead atoms. The van der Waals surface area contributed by atoms with Crippen molar-refractivity contribution in [2.75, 3.05) is 32.0 Å². The second-order valence-corrected chi connectivity index (χ2v) is 12.0. The Morgan fingerprint density at radius 1 is 1.05 bits per heavy atom. The van der Waals surface area contributed by atoms with Gasteiger partial charge in [-0.25, -0.2) is 13.2 Å². The zero-order chi connectivity index (χ0) is 27.7. The number of ether oxygens (including phenoxy) is 2. The Hall–Kier alpha value is -2.70. The lowest BCUT2D eigenvalue weighted by molar-refractivity contribution is -0.0904. The van der Waals surface area contributed by atoms with E-state index in [4.69, 9.17) is 15.2 Å². The minimum absolute atomic E-state index is 0.000706. The Morgan fingerprint density at radius 2 is 1.66 bits per heavy atom. The fourth-order valence-electron chi connectivity index (χ4n) is 4.52. The minimum atomic E-state index is -3.90. The number of aliphatic hydroxyl groups is 1. The molecule has 0 aliphatic carbocycles. The Morgan fingerprint density at radius 3 is 2.18 bits per heavy atom. The van der Waals surface area contributed by atoms with Crippen LogP contribution < -0.4 is 11.1 Å². The van der Waals surface area contributed by atoms with E-state index >= 15 is 0 Å². The summed E-state index contributed by atoms with van der Waals surface area (Å²) in [6, 6.07) is 14.1. The number of nitrogen functional groups attached to an aromatic ring is 1. The maximum atomic E-state index is 13.2. The summed E-state index contributed by atoms with van der Waals surface area (Å²) < 4.78 is 38.0. The molecule has 1 amide bonds. The van der Waals surface area contributed by atoms with Gasteiger partial charge < -0.3 is 30.7 Å². The van der Waals surface area contributed by atoms with Crippen LogP contribution in [0.25, 0.3) is 0 Å². The number of nitrogens with one attached hydrogen (secondary N) is 1. The number of sulfonamides is 1. The van der Waals surface area contributed by atoms with Gasteiger partial charge >= 0.3 is 6.09 Å². The van der Waals surface area contributed by atoms with Gasteiger partial charge in [-0.3, -0.25) is 0 Å². The van der Waals surface area contributed by atoms with Crippen molar-refractivity contribution in [2.45, 2.75) is 56.4 Å². The standard InChI is InChI=1S/C21H29N3O5S.C6H10O2/c1-15(2)13-24(30(28,29)18-10-8-17(22)9-11-18)14-20(25)19(23-21(26)27)12-16-6-4-3-5-7-16;1-3-7-6-5(1)2-4-8-6/h3-11,15,19-20,23,25H,12-14,22H2,1-2H3,(H,26,27);5-6H,1-4H2/t19-,20+;/m0./s1. The number of carbonyl (C=O) groups is 1. The van der Waals surface area contributed by atoms with Crippen molar-refractivity contribution in [3.8, 4) is 0 Å². The lowest BCUT2D eigenvalue weighted by Crippen LogP contribution is -2.50. The third-order valence-electron chi connectivity index (χ3n) is 6.48. The number of carboxylic acid groups (broad SMARTS) is 1. The molecule has 38 heavy (non-hydrogen) atoms. The second kappa shape index (κ2) is 13.9. The van der Waals surface area contributed by atoms with Crippen molar-refractivity contribution in [1.82, 2.24) is 9.62 Å². The molecule has 2 heterocycles. The van der Waals surface area contributed by atoms with Crippen LogP contribution in [0.4, 0.5) is 10.5 Å². The van der Waals surface area contributed by atoms with E-state index in [0.717, 1.165) is 24.7 Å². The Labute approximate surface area is 224 Å². The summed E-state index contributed by atoms with van der Waals surface area (Å²) in [5.41, 5.74) is 6.92. The van der Waals surface area contributed by atoms with Gasteiger partial charge in [0.25, 0.3) is 0 Å². The van der Waals surface area contributed by atoms with Crippen molar-refractivity contribution in [3.63, 3.8) is 0 Å². The van der Waals surface area contributed by atoms with Gasteiger partial charge in [-0.1, -0.05) is 44.2 Å². The molecule has 2 fully saturated rings. The fraction of sp³-hybridized carbons (Fsp3) is 0.519. The van der Waals surface area contributed by atoms with Gasteiger partial charge in [0.05, 0.1) is 30.3 Å². The Bertz CT molecular complexity index is 1090. The minimum Gasteiger partial charge on any atom is -0.465 e. The zero-order valence-corrected chi connectivity index (χ0v) is 22.7. The number of rotatable bonds is 10. The molecule has 0 saturated carbocycles.